The van der Waals surface area contributed by atoms with E-state index < -0.39 is 4.92 Å². The van der Waals surface area contributed by atoms with Crippen LogP contribution in [0, 0.1) is 16.2 Å². The number of hydrogen-bond donors (Lipinski definition) is 0. The Kier molecular flexibility index (Phi) is 2.58. The van der Waals surface area contributed by atoms with Gasteiger partial charge in [0.2, 0.25) is 5.70 Å². The molecule has 1 aromatic rings. The third-order valence-corrected chi connectivity index (χ3v) is 1.41. The fraction of sp³-hybridized carbons (Fsp3) is 0.111. The fourth-order valence-electron chi connectivity index (χ4n) is 0.790. The van der Waals surface area contributed by atoms with E-state index in [1.54, 1.807) is 24.3 Å². The Morgan fingerprint density at radius 1 is 1.58 bits per heavy atom. The molecule has 0 atom stereocenters. The third kappa shape index (κ3) is 2.20. The Morgan fingerprint density at radius 3 is 2.67 bits per heavy atom. The minimum Gasteiger partial charge on any atom is -0.259 e. The van der Waals surface area contributed by atoms with E-state index >= 15 is 0 Å². The summed E-state index contributed by atoms with van der Waals surface area (Å²) in [5, 5.41) is 10.2. The molecule has 0 heterocycles. The third-order valence-electron chi connectivity index (χ3n) is 1.41. The minimum atomic E-state index is -0.406. The Hall–Kier alpha value is -1.64. The van der Waals surface area contributed by atoms with Crippen molar-refractivity contribution in [3.63, 3.8) is 0 Å². The van der Waals surface area contributed by atoms with Crippen molar-refractivity contribution < 1.29 is 4.92 Å². The highest BCUT2D eigenvalue weighted by Crippen LogP contribution is 2.05. The number of benzene rings is 1. The lowest BCUT2D eigenvalue weighted by Gasteiger charge is -1.91. The van der Waals surface area contributed by atoms with E-state index in [1.165, 1.54) is 13.0 Å². The highest BCUT2D eigenvalue weighted by atomic mass is 16.6. The van der Waals surface area contributed by atoms with Crippen LogP contribution in [0.3, 0.4) is 0 Å². The molecule has 61 valence electrons. The van der Waals surface area contributed by atoms with Gasteiger partial charge in [-0.2, -0.15) is 0 Å². The van der Waals surface area contributed by atoms with Crippen LogP contribution in [0.15, 0.2) is 30.0 Å². The number of rotatable bonds is 2. The van der Waals surface area contributed by atoms with Crippen LogP contribution in [-0.4, -0.2) is 4.92 Å². The molecule has 1 radical (unpaired) electrons. The maximum atomic E-state index is 10.2. The molecule has 0 aliphatic rings. The minimum absolute atomic E-state index is 0.140. The van der Waals surface area contributed by atoms with Gasteiger partial charge in [0.1, 0.15) is 0 Å². The first-order valence-electron chi connectivity index (χ1n) is 3.49. The zero-order valence-electron chi connectivity index (χ0n) is 6.65. The molecule has 3 nitrogen and oxygen atoms in total. The van der Waals surface area contributed by atoms with Crippen molar-refractivity contribution in [1.82, 2.24) is 0 Å². The largest absolute Gasteiger partial charge is 0.259 e. The lowest BCUT2D eigenvalue weighted by molar-refractivity contribution is -0.422. The van der Waals surface area contributed by atoms with Crippen LogP contribution in [-0.2, 0) is 0 Å². The molecule has 0 saturated heterocycles. The number of allylic oxidation sites excluding steroid dienone is 1. The van der Waals surface area contributed by atoms with E-state index in [-0.39, 0.29) is 5.70 Å². The summed E-state index contributed by atoms with van der Waals surface area (Å²) in [6.07, 6.45) is 1.52. The standard InChI is InChI=1S/C9H8NO2/c1-8(10(11)12)7-9-5-3-2-4-6-9/h3-7H,1H3. The normalized spacial score (nSPS) is 11.2. The van der Waals surface area contributed by atoms with E-state index in [0.29, 0.717) is 0 Å². The van der Waals surface area contributed by atoms with E-state index in [2.05, 4.69) is 6.07 Å². The van der Waals surface area contributed by atoms with Crippen LogP contribution < -0.4 is 0 Å². The number of nitro groups is 1. The summed E-state index contributed by atoms with van der Waals surface area (Å²) in [5.74, 6) is 0. The zero-order chi connectivity index (χ0) is 8.97. The molecular weight excluding hydrogens is 154 g/mol. The maximum Gasteiger partial charge on any atom is 0.243 e. The molecule has 0 unspecified atom stereocenters. The van der Waals surface area contributed by atoms with Gasteiger partial charge in [-0.15, -0.1) is 0 Å². The van der Waals surface area contributed by atoms with Crippen molar-refractivity contribution in [2.24, 2.45) is 0 Å². The predicted molar refractivity (Wildman–Crippen MR) is 45.9 cm³/mol. The molecular formula is C9H8NO2. The summed E-state index contributed by atoms with van der Waals surface area (Å²) in [4.78, 5) is 9.83. The van der Waals surface area contributed by atoms with Gasteiger partial charge in [-0.1, -0.05) is 24.3 Å². The van der Waals surface area contributed by atoms with Crippen LogP contribution in [0.1, 0.15) is 12.5 Å². The number of nitrogens with zero attached hydrogens (tertiary/aromatic N) is 1. The smallest absolute Gasteiger partial charge is 0.243 e. The van der Waals surface area contributed by atoms with Crippen molar-refractivity contribution in [3.05, 3.63) is 51.7 Å². The van der Waals surface area contributed by atoms with E-state index in [0.717, 1.165) is 5.56 Å². The lowest BCUT2D eigenvalue weighted by atomic mass is 10.2. The average molecular weight is 162 g/mol. The Bertz CT molecular complexity index is 304. The predicted octanol–water partition coefficient (Wildman–Crippen LogP) is 2.12. The monoisotopic (exact) mass is 162 g/mol. The van der Waals surface area contributed by atoms with Gasteiger partial charge >= 0.3 is 0 Å². The van der Waals surface area contributed by atoms with Crippen molar-refractivity contribution in [1.29, 1.82) is 0 Å². The van der Waals surface area contributed by atoms with Gasteiger partial charge in [0, 0.05) is 13.0 Å². The second-order valence-electron chi connectivity index (χ2n) is 2.38. The summed E-state index contributed by atoms with van der Waals surface area (Å²) in [6.45, 7) is 1.47. The van der Waals surface area contributed by atoms with Gasteiger partial charge in [-0.3, -0.25) is 10.1 Å². The van der Waals surface area contributed by atoms with E-state index in [4.69, 9.17) is 0 Å². The SMILES string of the molecule is CC(=Cc1cc[c]cc1)[N+](=O)[O-]. The van der Waals surface area contributed by atoms with Gasteiger partial charge in [-0.05, 0) is 11.6 Å². The Morgan fingerprint density at radius 2 is 2.17 bits per heavy atom. The summed E-state index contributed by atoms with van der Waals surface area (Å²) < 4.78 is 0. The second-order valence-corrected chi connectivity index (χ2v) is 2.38. The Balaban J connectivity index is 2.89. The lowest BCUT2D eigenvalue weighted by Crippen LogP contribution is -1.92. The molecule has 1 aromatic carbocycles. The topological polar surface area (TPSA) is 43.1 Å². The molecule has 0 aromatic heterocycles. The van der Waals surface area contributed by atoms with Gasteiger partial charge in [0.25, 0.3) is 0 Å². The van der Waals surface area contributed by atoms with Crippen molar-refractivity contribution >= 4 is 6.08 Å². The first-order valence-corrected chi connectivity index (χ1v) is 3.49. The van der Waals surface area contributed by atoms with Crippen LogP contribution in [0.5, 0.6) is 0 Å². The molecule has 0 amide bonds. The zero-order valence-corrected chi connectivity index (χ0v) is 6.65. The molecule has 1 rings (SSSR count). The maximum absolute atomic E-state index is 10.2. The number of hydrogen-bond acceptors (Lipinski definition) is 2. The molecule has 0 N–H and O–H groups in total. The van der Waals surface area contributed by atoms with E-state index in [1.807, 2.05) is 0 Å². The van der Waals surface area contributed by atoms with Gasteiger partial charge < -0.3 is 0 Å². The van der Waals surface area contributed by atoms with Crippen molar-refractivity contribution in [3.8, 4) is 0 Å². The first-order chi connectivity index (χ1) is 5.70. The molecule has 12 heavy (non-hydrogen) atoms. The van der Waals surface area contributed by atoms with Gasteiger partial charge in [-0.25, -0.2) is 0 Å². The van der Waals surface area contributed by atoms with Crippen LogP contribution >= 0.6 is 0 Å². The quantitative estimate of drug-likeness (QED) is 0.493. The molecule has 3 heteroatoms. The molecule has 0 aliphatic heterocycles. The molecule has 0 aliphatic carbocycles. The highest BCUT2D eigenvalue weighted by Gasteiger charge is 2.00. The second kappa shape index (κ2) is 3.67. The summed E-state index contributed by atoms with van der Waals surface area (Å²) >= 11 is 0. The Labute approximate surface area is 70.5 Å². The first kappa shape index (κ1) is 8.46. The average Bonchev–Trinajstić information content (AvgIpc) is 2.06. The van der Waals surface area contributed by atoms with E-state index in [9.17, 15) is 10.1 Å². The summed E-state index contributed by atoms with van der Waals surface area (Å²) in [6, 6.07) is 9.82. The van der Waals surface area contributed by atoms with Crippen molar-refractivity contribution in [2.75, 3.05) is 0 Å². The van der Waals surface area contributed by atoms with Crippen LogP contribution in [0.25, 0.3) is 6.08 Å². The van der Waals surface area contributed by atoms with Crippen LogP contribution in [0.2, 0.25) is 0 Å². The van der Waals surface area contributed by atoms with Crippen LogP contribution in [0.4, 0.5) is 0 Å². The highest BCUT2D eigenvalue weighted by molar-refractivity contribution is 5.49. The van der Waals surface area contributed by atoms with Crippen molar-refractivity contribution in [2.45, 2.75) is 6.92 Å². The fourth-order valence-corrected chi connectivity index (χ4v) is 0.790. The van der Waals surface area contributed by atoms with Gasteiger partial charge in [0.05, 0.1) is 4.92 Å². The summed E-state index contributed by atoms with van der Waals surface area (Å²) in [5.41, 5.74) is 0.962. The summed E-state index contributed by atoms with van der Waals surface area (Å²) in [7, 11) is 0. The molecule has 0 spiro atoms. The molecule has 0 fully saturated rings. The molecule has 0 saturated carbocycles. The van der Waals surface area contributed by atoms with Gasteiger partial charge in [0.15, 0.2) is 0 Å². The molecule has 0 bridgehead atoms.